The molecule has 1 unspecified atom stereocenters. The van der Waals surface area contributed by atoms with E-state index in [1.165, 1.54) is 18.4 Å². The number of carbonyl (C=O) groups is 1. The highest BCUT2D eigenvalue weighted by molar-refractivity contribution is 6.04. The van der Waals surface area contributed by atoms with Crippen molar-refractivity contribution < 1.29 is 9.53 Å². The number of likely N-dealkylation sites (N-methyl/N-ethyl adjacent to an activating group) is 1. The molecule has 2 aromatic rings. The van der Waals surface area contributed by atoms with Crippen LogP contribution in [0, 0.1) is 0 Å². The molecule has 0 spiro atoms. The molecule has 2 aromatic carbocycles. The Balaban J connectivity index is 1.51. The molecule has 0 aromatic heterocycles. The average molecular weight is 338 g/mol. The van der Waals surface area contributed by atoms with Crippen LogP contribution in [0.1, 0.15) is 35.2 Å². The van der Waals surface area contributed by atoms with Gasteiger partial charge in [0.1, 0.15) is 0 Å². The average Bonchev–Trinajstić information content (AvgIpc) is 2.64. The molecule has 1 saturated heterocycles. The quantitative estimate of drug-likeness (QED) is 0.867. The maximum absolute atomic E-state index is 12.3. The fourth-order valence-electron chi connectivity index (χ4n) is 3.16. The summed E-state index contributed by atoms with van der Waals surface area (Å²) in [6, 6.07) is 17.3. The van der Waals surface area contributed by atoms with Crippen molar-refractivity contribution >= 4 is 11.6 Å². The molecule has 1 aliphatic rings. The van der Waals surface area contributed by atoms with Gasteiger partial charge in [-0.2, -0.15) is 0 Å². The lowest BCUT2D eigenvalue weighted by Crippen LogP contribution is -2.33. The van der Waals surface area contributed by atoms with Crippen LogP contribution in [0.4, 0.5) is 5.69 Å². The van der Waals surface area contributed by atoms with Gasteiger partial charge in [-0.05, 0) is 56.1 Å². The minimum Gasteiger partial charge on any atom is -0.377 e. The summed E-state index contributed by atoms with van der Waals surface area (Å²) in [6.45, 7) is 2.71. The van der Waals surface area contributed by atoms with Gasteiger partial charge in [-0.1, -0.05) is 30.3 Å². The number of carbonyl (C=O) groups excluding carboxylic acids is 1. The lowest BCUT2D eigenvalue weighted by molar-refractivity contribution is -0.00259. The van der Waals surface area contributed by atoms with E-state index in [0.717, 1.165) is 31.8 Å². The molecule has 25 heavy (non-hydrogen) atoms. The zero-order chi connectivity index (χ0) is 17.5. The number of benzene rings is 2. The van der Waals surface area contributed by atoms with Gasteiger partial charge in [-0.3, -0.25) is 9.69 Å². The van der Waals surface area contributed by atoms with E-state index < -0.39 is 0 Å². The first kappa shape index (κ1) is 17.6. The van der Waals surface area contributed by atoms with Gasteiger partial charge in [0.15, 0.2) is 0 Å². The second-order valence-electron chi connectivity index (χ2n) is 6.70. The van der Waals surface area contributed by atoms with Crippen LogP contribution in [0.25, 0.3) is 0 Å². The fraction of sp³-hybridized carbons (Fsp3) is 0.381. The molecule has 1 N–H and O–H groups in total. The van der Waals surface area contributed by atoms with Gasteiger partial charge in [0.05, 0.1) is 6.10 Å². The van der Waals surface area contributed by atoms with Crippen LogP contribution in [-0.4, -0.2) is 37.1 Å². The van der Waals surface area contributed by atoms with Gasteiger partial charge in [0.25, 0.3) is 5.91 Å². The van der Waals surface area contributed by atoms with Crippen molar-refractivity contribution in [3.05, 3.63) is 65.7 Å². The van der Waals surface area contributed by atoms with Crippen molar-refractivity contribution in [2.24, 2.45) is 0 Å². The Hall–Kier alpha value is -2.17. The Kier molecular flexibility index (Phi) is 6.20. The number of hydrogen-bond donors (Lipinski definition) is 1. The number of anilines is 1. The van der Waals surface area contributed by atoms with E-state index in [0.29, 0.717) is 11.7 Å². The first-order chi connectivity index (χ1) is 12.2. The molecule has 1 heterocycles. The number of amides is 1. The summed E-state index contributed by atoms with van der Waals surface area (Å²) >= 11 is 0. The highest BCUT2D eigenvalue weighted by Gasteiger charge is 2.16. The van der Waals surface area contributed by atoms with E-state index >= 15 is 0 Å². The van der Waals surface area contributed by atoms with Crippen LogP contribution in [0.15, 0.2) is 54.6 Å². The monoisotopic (exact) mass is 338 g/mol. The van der Waals surface area contributed by atoms with Crippen molar-refractivity contribution in [3.8, 4) is 0 Å². The molecule has 0 bridgehead atoms. The summed E-state index contributed by atoms with van der Waals surface area (Å²) in [4.78, 5) is 14.6. The molecule has 3 rings (SSSR count). The molecule has 4 heteroatoms. The third-order valence-corrected chi connectivity index (χ3v) is 4.49. The lowest BCUT2D eigenvalue weighted by atomic mass is 10.1. The SMILES string of the molecule is CN(Cc1ccc(C(=O)Nc2ccccc2)cc1)CC1CCCCO1. The zero-order valence-electron chi connectivity index (χ0n) is 14.8. The molecular formula is C21H26N2O2. The van der Waals surface area contributed by atoms with Crippen molar-refractivity contribution in [1.82, 2.24) is 4.90 Å². The summed E-state index contributed by atoms with van der Waals surface area (Å²) in [5.74, 6) is -0.0817. The minimum atomic E-state index is -0.0817. The van der Waals surface area contributed by atoms with Crippen LogP contribution in [0.3, 0.4) is 0 Å². The van der Waals surface area contributed by atoms with E-state index in [4.69, 9.17) is 4.74 Å². The van der Waals surface area contributed by atoms with Crippen LogP contribution in [-0.2, 0) is 11.3 Å². The van der Waals surface area contributed by atoms with Crippen LogP contribution >= 0.6 is 0 Å². The van der Waals surface area contributed by atoms with Gasteiger partial charge < -0.3 is 10.1 Å². The van der Waals surface area contributed by atoms with E-state index in [-0.39, 0.29) is 5.91 Å². The van der Waals surface area contributed by atoms with Gasteiger partial charge in [0, 0.05) is 30.9 Å². The number of hydrogen-bond acceptors (Lipinski definition) is 3. The molecule has 0 saturated carbocycles. The number of nitrogens with zero attached hydrogens (tertiary/aromatic N) is 1. The van der Waals surface area contributed by atoms with Crippen molar-refractivity contribution in [3.63, 3.8) is 0 Å². The van der Waals surface area contributed by atoms with Gasteiger partial charge in [-0.15, -0.1) is 0 Å². The zero-order valence-corrected chi connectivity index (χ0v) is 14.8. The molecule has 1 aliphatic heterocycles. The highest BCUT2D eigenvalue weighted by atomic mass is 16.5. The Morgan fingerprint density at radius 2 is 1.88 bits per heavy atom. The summed E-state index contributed by atoms with van der Waals surface area (Å²) in [7, 11) is 2.12. The van der Waals surface area contributed by atoms with Crippen LogP contribution in [0.2, 0.25) is 0 Å². The number of ether oxygens (including phenoxy) is 1. The fourth-order valence-corrected chi connectivity index (χ4v) is 3.16. The van der Waals surface area contributed by atoms with Crippen LogP contribution in [0.5, 0.6) is 0 Å². The van der Waals surface area contributed by atoms with Gasteiger partial charge >= 0.3 is 0 Å². The normalized spacial score (nSPS) is 17.4. The molecule has 1 amide bonds. The maximum atomic E-state index is 12.3. The van der Waals surface area contributed by atoms with Crippen molar-refractivity contribution in [2.75, 3.05) is 25.5 Å². The largest absolute Gasteiger partial charge is 0.377 e. The molecular weight excluding hydrogens is 312 g/mol. The number of para-hydroxylation sites is 1. The molecule has 1 fully saturated rings. The summed E-state index contributed by atoms with van der Waals surface area (Å²) in [5, 5.41) is 2.91. The third-order valence-electron chi connectivity index (χ3n) is 4.49. The second-order valence-corrected chi connectivity index (χ2v) is 6.70. The molecule has 4 nitrogen and oxygen atoms in total. The predicted octanol–water partition coefficient (Wildman–Crippen LogP) is 3.94. The maximum Gasteiger partial charge on any atom is 0.255 e. The Bertz CT molecular complexity index is 664. The second kappa shape index (κ2) is 8.79. The van der Waals surface area contributed by atoms with E-state index in [1.54, 1.807) is 0 Å². The lowest BCUT2D eigenvalue weighted by Gasteiger charge is -2.27. The smallest absolute Gasteiger partial charge is 0.255 e. The number of rotatable bonds is 6. The summed E-state index contributed by atoms with van der Waals surface area (Å²) < 4.78 is 5.80. The van der Waals surface area contributed by atoms with Crippen molar-refractivity contribution in [1.29, 1.82) is 0 Å². The summed E-state index contributed by atoms with van der Waals surface area (Å²) in [6.07, 6.45) is 3.97. The first-order valence-electron chi connectivity index (χ1n) is 8.96. The standard InChI is InChI=1S/C21H26N2O2/c1-23(16-20-9-5-6-14-25-20)15-17-10-12-18(13-11-17)21(24)22-19-7-3-2-4-8-19/h2-4,7-8,10-13,20H,5-6,9,14-16H2,1H3,(H,22,24). The van der Waals surface area contributed by atoms with Gasteiger partial charge in [0.2, 0.25) is 0 Å². The minimum absolute atomic E-state index is 0.0817. The molecule has 0 radical (unpaired) electrons. The Morgan fingerprint density at radius 1 is 1.12 bits per heavy atom. The van der Waals surface area contributed by atoms with E-state index in [9.17, 15) is 4.79 Å². The summed E-state index contributed by atoms with van der Waals surface area (Å²) in [5.41, 5.74) is 2.68. The molecule has 132 valence electrons. The van der Waals surface area contributed by atoms with E-state index in [2.05, 4.69) is 17.3 Å². The topological polar surface area (TPSA) is 41.6 Å². The van der Waals surface area contributed by atoms with Crippen molar-refractivity contribution in [2.45, 2.75) is 31.9 Å². The molecule has 0 aliphatic carbocycles. The Labute approximate surface area is 149 Å². The van der Waals surface area contributed by atoms with Gasteiger partial charge in [-0.25, -0.2) is 0 Å². The number of nitrogens with one attached hydrogen (secondary N) is 1. The Morgan fingerprint density at radius 3 is 2.56 bits per heavy atom. The van der Waals surface area contributed by atoms with Crippen LogP contribution < -0.4 is 5.32 Å². The molecule has 1 atom stereocenters. The highest BCUT2D eigenvalue weighted by Crippen LogP contribution is 2.15. The predicted molar refractivity (Wildman–Crippen MR) is 101 cm³/mol. The first-order valence-corrected chi connectivity index (χ1v) is 8.96. The van der Waals surface area contributed by atoms with E-state index in [1.807, 2.05) is 54.6 Å². The third kappa shape index (κ3) is 5.41.